The molecule has 27 heavy (non-hydrogen) atoms. The second-order valence-corrected chi connectivity index (χ2v) is 6.32. The monoisotopic (exact) mass is 359 g/mol. The predicted molar refractivity (Wildman–Crippen MR) is 101 cm³/mol. The number of aliphatic hydroxyl groups is 1. The first-order chi connectivity index (χ1) is 13.0. The van der Waals surface area contributed by atoms with E-state index in [0.717, 1.165) is 11.2 Å². The SMILES string of the molecule is C=C1OCC[C@]1(O)C#Cc1cccc(-n2nc(C(N)=O)c3ccccc32)c1. The van der Waals surface area contributed by atoms with Crippen LogP contribution in [0.3, 0.4) is 0 Å². The molecule has 0 unspecified atom stereocenters. The average Bonchev–Trinajstić information content (AvgIpc) is 3.22. The lowest BCUT2D eigenvalue weighted by molar-refractivity contribution is 0.0996. The van der Waals surface area contributed by atoms with Crippen LogP contribution in [0.2, 0.25) is 0 Å². The second-order valence-electron chi connectivity index (χ2n) is 6.32. The molecule has 1 aromatic heterocycles. The van der Waals surface area contributed by atoms with Crippen LogP contribution in [0.5, 0.6) is 0 Å². The molecule has 1 aliphatic heterocycles. The number of para-hydroxylation sites is 1. The molecule has 134 valence electrons. The van der Waals surface area contributed by atoms with Gasteiger partial charge in [-0.05, 0) is 24.3 Å². The third kappa shape index (κ3) is 2.94. The molecule has 1 saturated heterocycles. The van der Waals surface area contributed by atoms with Crippen LogP contribution in [0.15, 0.2) is 60.9 Å². The summed E-state index contributed by atoms with van der Waals surface area (Å²) in [6.45, 7) is 4.11. The molecular weight excluding hydrogens is 342 g/mol. The smallest absolute Gasteiger partial charge is 0.269 e. The van der Waals surface area contributed by atoms with Gasteiger partial charge in [0.2, 0.25) is 0 Å². The summed E-state index contributed by atoms with van der Waals surface area (Å²) >= 11 is 0. The summed E-state index contributed by atoms with van der Waals surface area (Å²) in [5, 5.41) is 15.5. The van der Waals surface area contributed by atoms with Crippen molar-refractivity contribution in [1.29, 1.82) is 0 Å². The van der Waals surface area contributed by atoms with Crippen LogP contribution >= 0.6 is 0 Å². The number of ether oxygens (including phenoxy) is 1. The Labute approximate surface area is 155 Å². The van der Waals surface area contributed by atoms with E-state index >= 15 is 0 Å². The Kier molecular flexibility index (Phi) is 3.94. The first-order valence-electron chi connectivity index (χ1n) is 8.44. The van der Waals surface area contributed by atoms with Crippen molar-refractivity contribution >= 4 is 16.8 Å². The third-order valence-corrected chi connectivity index (χ3v) is 4.53. The minimum Gasteiger partial charge on any atom is -0.494 e. The highest BCUT2D eigenvalue weighted by Crippen LogP contribution is 2.27. The van der Waals surface area contributed by atoms with Gasteiger partial charge in [-0.25, -0.2) is 4.68 Å². The van der Waals surface area contributed by atoms with Crippen molar-refractivity contribution in [2.75, 3.05) is 6.61 Å². The Morgan fingerprint density at radius 2 is 2.11 bits per heavy atom. The van der Waals surface area contributed by atoms with E-state index in [0.29, 0.717) is 24.0 Å². The summed E-state index contributed by atoms with van der Waals surface area (Å²) in [6, 6.07) is 14.7. The highest BCUT2D eigenvalue weighted by molar-refractivity contribution is 6.04. The molecule has 0 radical (unpaired) electrons. The van der Waals surface area contributed by atoms with Crippen LogP contribution in [0, 0.1) is 11.8 Å². The molecule has 0 spiro atoms. The molecule has 0 saturated carbocycles. The minimum atomic E-state index is -1.33. The van der Waals surface area contributed by atoms with E-state index in [4.69, 9.17) is 10.5 Å². The first kappa shape index (κ1) is 16.9. The van der Waals surface area contributed by atoms with Crippen LogP contribution in [0.1, 0.15) is 22.5 Å². The number of hydrogen-bond donors (Lipinski definition) is 2. The van der Waals surface area contributed by atoms with Gasteiger partial charge in [0.05, 0.1) is 17.8 Å². The van der Waals surface area contributed by atoms with Crippen LogP contribution in [-0.4, -0.2) is 33.0 Å². The van der Waals surface area contributed by atoms with Gasteiger partial charge in [-0.15, -0.1) is 0 Å². The quantitative estimate of drug-likeness (QED) is 0.686. The zero-order chi connectivity index (χ0) is 19.0. The molecule has 1 atom stereocenters. The molecule has 0 aliphatic carbocycles. The predicted octanol–water partition coefficient (Wildman–Crippen LogP) is 2.14. The first-order valence-corrected chi connectivity index (χ1v) is 8.44. The van der Waals surface area contributed by atoms with Crippen LogP contribution in [0.25, 0.3) is 16.6 Å². The summed E-state index contributed by atoms with van der Waals surface area (Å²) in [5.74, 6) is 5.51. The van der Waals surface area contributed by atoms with Crippen molar-refractivity contribution in [3.63, 3.8) is 0 Å². The van der Waals surface area contributed by atoms with Crippen molar-refractivity contribution < 1.29 is 14.6 Å². The second kappa shape index (κ2) is 6.31. The van der Waals surface area contributed by atoms with Gasteiger partial charge in [0.15, 0.2) is 11.3 Å². The number of benzene rings is 2. The Balaban J connectivity index is 1.77. The number of amides is 1. The van der Waals surface area contributed by atoms with E-state index in [1.165, 1.54) is 0 Å². The molecule has 2 aromatic carbocycles. The third-order valence-electron chi connectivity index (χ3n) is 4.53. The number of rotatable bonds is 2. The fourth-order valence-electron chi connectivity index (χ4n) is 3.05. The Morgan fingerprint density at radius 1 is 1.30 bits per heavy atom. The highest BCUT2D eigenvalue weighted by Gasteiger charge is 2.35. The summed E-state index contributed by atoms with van der Waals surface area (Å²) in [6.07, 6.45) is 0.393. The number of primary amides is 1. The summed E-state index contributed by atoms with van der Waals surface area (Å²) in [7, 11) is 0. The molecule has 0 bridgehead atoms. The molecular formula is C21H17N3O3. The van der Waals surface area contributed by atoms with E-state index in [1.54, 1.807) is 4.68 Å². The number of nitrogens with zero attached hydrogens (tertiary/aromatic N) is 2. The fourth-order valence-corrected chi connectivity index (χ4v) is 3.05. The lowest BCUT2D eigenvalue weighted by Crippen LogP contribution is -2.23. The van der Waals surface area contributed by atoms with Crippen LogP contribution in [-0.2, 0) is 4.74 Å². The van der Waals surface area contributed by atoms with Gasteiger partial charge < -0.3 is 15.6 Å². The zero-order valence-corrected chi connectivity index (χ0v) is 14.5. The van der Waals surface area contributed by atoms with Crippen molar-refractivity contribution in [1.82, 2.24) is 9.78 Å². The van der Waals surface area contributed by atoms with Gasteiger partial charge in [-0.2, -0.15) is 5.10 Å². The van der Waals surface area contributed by atoms with Crippen molar-refractivity contribution in [2.45, 2.75) is 12.0 Å². The average molecular weight is 359 g/mol. The summed E-state index contributed by atoms with van der Waals surface area (Å²) < 4.78 is 6.88. The summed E-state index contributed by atoms with van der Waals surface area (Å²) in [5.41, 5.74) is 6.56. The molecule has 1 amide bonds. The van der Waals surface area contributed by atoms with E-state index in [2.05, 4.69) is 23.5 Å². The van der Waals surface area contributed by atoms with E-state index in [-0.39, 0.29) is 11.5 Å². The van der Waals surface area contributed by atoms with Gasteiger partial charge in [0, 0.05) is 17.4 Å². The maximum Gasteiger partial charge on any atom is 0.269 e. The maximum absolute atomic E-state index is 11.7. The van der Waals surface area contributed by atoms with E-state index in [1.807, 2.05) is 48.5 Å². The molecule has 1 fully saturated rings. The lowest BCUT2D eigenvalue weighted by atomic mass is 10.0. The number of aromatic nitrogens is 2. The van der Waals surface area contributed by atoms with E-state index < -0.39 is 11.5 Å². The van der Waals surface area contributed by atoms with Gasteiger partial charge >= 0.3 is 0 Å². The fraction of sp³-hybridized carbons (Fsp3) is 0.143. The van der Waals surface area contributed by atoms with Gasteiger partial charge in [0.25, 0.3) is 5.91 Å². The van der Waals surface area contributed by atoms with Crippen LogP contribution < -0.4 is 5.73 Å². The number of fused-ring (bicyclic) bond motifs is 1. The number of carbonyl (C=O) groups excluding carboxylic acids is 1. The highest BCUT2D eigenvalue weighted by atomic mass is 16.5. The zero-order valence-electron chi connectivity index (χ0n) is 14.5. The molecule has 6 heteroatoms. The van der Waals surface area contributed by atoms with Crippen LogP contribution in [0.4, 0.5) is 0 Å². The summed E-state index contributed by atoms with van der Waals surface area (Å²) in [4.78, 5) is 11.7. The van der Waals surface area contributed by atoms with Gasteiger partial charge in [-0.1, -0.05) is 42.7 Å². The topological polar surface area (TPSA) is 90.4 Å². The minimum absolute atomic E-state index is 0.218. The normalized spacial score (nSPS) is 18.8. The maximum atomic E-state index is 11.7. The van der Waals surface area contributed by atoms with Crippen molar-refractivity contribution in [3.8, 4) is 17.5 Å². The Morgan fingerprint density at radius 3 is 2.85 bits per heavy atom. The standard InChI is InChI=1S/C21H17N3O3/c1-14-21(26,11-12-27-14)10-9-15-5-4-6-16(13-15)24-18-8-3-2-7-17(18)19(23-24)20(22)25/h2-8,13,26H,1,11-12H2,(H2,22,25)/t21-/m1/s1. The van der Waals surface area contributed by atoms with Gasteiger partial charge in [-0.3, -0.25) is 4.79 Å². The molecule has 6 nitrogen and oxygen atoms in total. The van der Waals surface area contributed by atoms with Gasteiger partial charge in [0.1, 0.15) is 5.76 Å². The number of nitrogens with two attached hydrogens (primary N) is 1. The molecule has 2 heterocycles. The molecule has 1 aliphatic rings. The molecule has 3 aromatic rings. The van der Waals surface area contributed by atoms with E-state index in [9.17, 15) is 9.90 Å². The lowest BCUT2D eigenvalue weighted by Gasteiger charge is -2.12. The molecule has 4 rings (SSSR count). The number of carbonyl (C=O) groups is 1. The van der Waals surface area contributed by atoms with Crippen molar-refractivity contribution in [2.24, 2.45) is 5.73 Å². The molecule has 3 N–H and O–H groups in total. The van der Waals surface area contributed by atoms with Crippen molar-refractivity contribution in [3.05, 3.63) is 72.1 Å². The number of hydrogen-bond acceptors (Lipinski definition) is 4. The Hall–Kier alpha value is -3.56. The Bertz CT molecular complexity index is 1140. The largest absolute Gasteiger partial charge is 0.494 e.